The number of rotatable bonds is 6. The lowest BCUT2D eigenvalue weighted by molar-refractivity contribution is -0.138. The zero-order valence-corrected chi connectivity index (χ0v) is 15.7. The molecule has 1 aromatic rings. The summed E-state index contributed by atoms with van der Waals surface area (Å²) in [6.07, 6.45) is 1.07. The van der Waals surface area contributed by atoms with Gasteiger partial charge >= 0.3 is 5.97 Å². The van der Waals surface area contributed by atoms with Gasteiger partial charge in [-0.1, -0.05) is 13.0 Å². The molecule has 26 heavy (non-hydrogen) atoms. The molecule has 8 heteroatoms. The van der Waals surface area contributed by atoms with Crippen molar-refractivity contribution in [1.29, 1.82) is 5.26 Å². The summed E-state index contributed by atoms with van der Waals surface area (Å²) >= 11 is 0. The first-order valence-corrected chi connectivity index (χ1v) is 10.3. The van der Waals surface area contributed by atoms with Crippen molar-refractivity contribution in [2.75, 3.05) is 18.1 Å². The number of amides is 1. The highest BCUT2D eigenvalue weighted by atomic mass is 32.2. The molecule has 2 rings (SSSR count). The third-order valence-electron chi connectivity index (χ3n) is 4.51. The van der Waals surface area contributed by atoms with Gasteiger partial charge in [-0.15, -0.1) is 0 Å². The minimum absolute atomic E-state index is 0.0543. The monoisotopic (exact) mass is 378 g/mol. The van der Waals surface area contributed by atoms with Crippen molar-refractivity contribution in [1.82, 2.24) is 4.90 Å². The van der Waals surface area contributed by atoms with E-state index < -0.39 is 28.3 Å². The molecule has 0 bridgehead atoms. The topological polar surface area (TPSA) is 105 Å². The number of carbonyl (C=O) groups is 2. The first kappa shape index (κ1) is 19.9. The van der Waals surface area contributed by atoms with Crippen LogP contribution in [0.2, 0.25) is 0 Å². The lowest BCUT2D eigenvalue weighted by Gasteiger charge is -2.33. The van der Waals surface area contributed by atoms with Gasteiger partial charge in [0.15, 0.2) is 16.4 Å². The summed E-state index contributed by atoms with van der Waals surface area (Å²) in [6.45, 7) is 3.30. The largest absolute Gasteiger partial charge is 0.452 e. The Morgan fingerprint density at radius 2 is 2.15 bits per heavy atom. The molecule has 0 radical (unpaired) electrons. The van der Waals surface area contributed by atoms with Gasteiger partial charge < -0.3 is 9.64 Å². The summed E-state index contributed by atoms with van der Waals surface area (Å²) in [5, 5.41) is 8.87. The maximum Gasteiger partial charge on any atom is 0.338 e. The summed E-state index contributed by atoms with van der Waals surface area (Å²) in [5.41, 5.74) is 0.513. The van der Waals surface area contributed by atoms with Crippen molar-refractivity contribution >= 4 is 21.7 Å². The molecule has 0 aromatic heterocycles. The van der Waals surface area contributed by atoms with Crippen molar-refractivity contribution in [2.45, 2.75) is 38.8 Å². The third-order valence-corrected chi connectivity index (χ3v) is 6.26. The standard InChI is InChI=1S/C18H22N2O5S/c1-3-13(2)20(16-7-8-26(23,24)12-16)17(21)11-25-18(22)15-6-4-5-14(9-15)10-19/h4-6,9,13,16H,3,7-8,11-12H2,1-2H3/t13-,16+/m1/s1. The third kappa shape index (κ3) is 4.82. The quantitative estimate of drug-likeness (QED) is 0.695. The number of sulfone groups is 1. The number of benzene rings is 1. The zero-order chi connectivity index (χ0) is 19.3. The van der Waals surface area contributed by atoms with Crippen LogP contribution in [0.15, 0.2) is 24.3 Å². The van der Waals surface area contributed by atoms with Gasteiger partial charge in [-0.05, 0) is 38.0 Å². The van der Waals surface area contributed by atoms with E-state index in [0.717, 1.165) is 0 Å². The highest BCUT2D eigenvalue weighted by Gasteiger charge is 2.36. The normalized spacial score (nSPS) is 19.3. The van der Waals surface area contributed by atoms with Gasteiger partial charge in [-0.3, -0.25) is 4.79 Å². The van der Waals surface area contributed by atoms with Crippen LogP contribution in [0.3, 0.4) is 0 Å². The molecule has 1 aliphatic rings. The molecule has 1 aromatic carbocycles. The molecule has 140 valence electrons. The van der Waals surface area contributed by atoms with Gasteiger partial charge in [0.2, 0.25) is 0 Å². The highest BCUT2D eigenvalue weighted by molar-refractivity contribution is 7.91. The molecule has 1 amide bonds. The summed E-state index contributed by atoms with van der Waals surface area (Å²) < 4.78 is 28.6. The van der Waals surface area contributed by atoms with Crippen molar-refractivity contribution in [2.24, 2.45) is 0 Å². The summed E-state index contributed by atoms with van der Waals surface area (Å²) in [5.74, 6) is -1.09. The molecule has 0 spiro atoms. The van der Waals surface area contributed by atoms with Crippen LogP contribution in [0.5, 0.6) is 0 Å². The number of hydrogen-bond acceptors (Lipinski definition) is 6. The molecule has 0 N–H and O–H groups in total. The Balaban J connectivity index is 2.05. The highest BCUT2D eigenvalue weighted by Crippen LogP contribution is 2.21. The maximum atomic E-state index is 12.6. The minimum atomic E-state index is -3.13. The predicted molar refractivity (Wildman–Crippen MR) is 95.1 cm³/mol. The number of ether oxygens (including phenoxy) is 1. The van der Waals surface area contributed by atoms with Gasteiger partial charge in [0, 0.05) is 12.1 Å². The van der Waals surface area contributed by atoms with Crippen LogP contribution >= 0.6 is 0 Å². The van der Waals surface area contributed by atoms with E-state index in [1.807, 2.05) is 19.9 Å². The minimum Gasteiger partial charge on any atom is -0.452 e. The Labute approximate surface area is 153 Å². The Morgan fingerprint density at radius 1 is 1.42 bits per heavy atom. The fourth-order valence-electron chi connectivity index (χ4n) is 3.00. The molecule has 1 saturated heterocycles. The van der Waals surface area contributed by atoms with Crippen molar-refractivity contribution in [3.63, 3.8) is 0 Å². The van der Waals surface area contributed by atoms with Crippen LogP contribution in [0.25, 0.3) is 0 Å². The zero-order valence-electron chi connectivity index (χ0n) is 14.8. The van der Waals surface area contributed by atoms with Gasteiger partial charge in [0.1, 0.15) is 0 Å². The Hall–Kier alpha value is -2.40. The molecular formula is C18H22N2O5S. The van der Waals surface area contributed by atoms with Crippen LogP contribution in [0.4, 0.5) is 0 Å². The second-order valence-corrected chi connectivity index (χ2v) is 8.61. The number of esters is 1. The fraction of sp³-hybridized carbons (Fsp3) is 0.500. The van der Waals surface area contributed by atoms with Gasteiger partial charge in [-0.25, -0.2) is 13.2 Å². The molecule has 1 fully saturated rings. The number of nitrogens with zero attached hydrogens (tertiary/aromatic N) is 2. The van der Waals surface area contributed by atoms with Gasteiger partial charge in [-0.2, -0.15) is 5.26 Å². The predicted octanol–water partition coefficient (Wildman–Crippen LogP) is 1.53. The second kappa shape index (κ2) is 8.32. The van der Waals surface area contributed by atoms with E-state index in [1.54, 1.807) is 12.1 Å². The summed E-state index contributed by atoms with van der Waals surface area (Å²) in [4.78, 5) is 26.2. The number of nitriles is 1. The van der Waals surface area contributed by atoms with Crippen LogP contribution in [0.1, 0.15) is 42.6 Å². The van der Waals surface area contributed by atoms with Crippen molar-refractivity contribution in [3.05, 3.63) is 35.4 Å². The van der Waals surface area contributed by atoms with Crippen molar-refractivity contribution in [3.8, 4) is 6.07 Å². The molecule has 0 unspecified atom stereocenters. The summed E-state index contributed by atoms with van der Waals surface area (Å²) in [7, 11) is -3.13. The lowest BCUT2D eigenvalue weighted by Crippen LogP contribution is -2.48. The Kier molecular flexibility index (Phi) is 6.37. The molecule has 1 heterocycles. The van der Waals surface area contributed by atoms with Crippen LogP contribution in [-0.2, 0) is 19.4 Å². The average molecular weight is 378 g/mol. The Morgan fingerprint density at radius 3 is 2.73 bits per heavy atom. The van der Waals surface area contributed by atoms with E-state index in [1.165, 1.54) is 17.0 Å². The van der Waals surface area contributed by atoms with Gasteiger partial charge in [0.05, 0.1) is 28.7 Å². The van der Waals surface area contributed by atoms with Gasteiger partial charge in [0.25, 0.3) is 5.91 Å². The van der Waals surface area contributed by atoms with E-state index in [2.05, 4.69) is 0 Å². The SMILES string of the molecule is CC[C@@H](C)N(C(=O)COC(=O)c1cccc(C#N)c1)[C@H]1CCS(=O)(=O)C1. The smallest absolute Gasteiger partial charge is 0.338 e. The maximum absolute atomic E-state index is 12.6. The van der Waals surface area contributed by atoms with Crippen LogP contribution in [0, 0.1) is 11.3 Å². The Bertz CT molecular complexity index is 828. The first-order chi connectivity index (χ1) is 12.3. The number of carbonyl (C=O) groups excluding carboxylic acids is 2. The van der Waals surface area contributed by atoms with E-state index in [-0.39, 0.29) is 29.2 Å². The van der Waals surface area contributed by atoms with Crippen LogP contribution < -0.4 is 0 Å². The molecular weight excluding hydrogens is 356 g/mol. The molecule has 0 saturated carbocycles. The summed E-state index contributed by atoms with van der Waals surface area (Å²) in [6, 6.07) is 7.41. The van der Waals surface area contributed by atoms with Crippen molar-refractivity contribution < 1.29 is 22.7 Å². The lowest BCUT2D eigenvalue weighted by atomic mass is 10.1. The number of hydrogen-bond donors (Lipinski definition) is 0. The molecule has 2 atom stereocenters. The molecule has 1 aliphatic heterocycles. The average Bonchev–Trinajstić information content (AvgIpc) is 2.98. The van der Waals surface area contributed by atoms with E-state index >= 15 is 0 Å². The van der Waals surface area contributed by atoms with E-state index in [4.69, 9.17) is 10.00 Å². The van der Waals surface area contributed by atoms with E-state index in [0.29, 0.717) is 18.4 Å². The second-order valence-electron chi connectivity index (χ2n) is 6.38. The van der Waals surface area contributed by atoms with Crippen LogP contribution in [-0.4, -0.2) is 55.4 Å². The molecule has 7 nitrogen and oxygen atoms in total. The molecule has 0 aliphatic carbocycles. The van der Waals surface area contributed by atoms with E-state index in [9.17, 15) is 18.0 Å². The first-order valence-electron chi connectivity index (χ1n) is 8.46. The fourth-order valence-corrected chi connectivity index (χ4v) is 4.71.